The van der Waals surface area contributed by atoms with Gasteiger partial charge in [0.05, 0.1) is 29.2 Å². The van der Waals surface area contributed by atoms with E-state index >= 15 is 0 Å². The number of rotatable bonds is 4. The molecule has 0 radical (unpaired) electrons. The van der Waals surface area contributed by atoms with Crippen molar-refractivity contribution >= 4 is 28.8 Å². The largest absolute Gasteiger partial charge is 0.463 e. The number of amidine groups is 1. The molecule has 0 aliphatic carbocycles. The van der Waals surface area contributed by atoms with Gasteiger partial charge in [-0.2, -0.15) is 0 Å². The molecule has 2 atom stereocenters. The Morgan fingerprint density at radius 2 is 2.16 bits per heavy atom. The lowest BCUT2D eigenvalue weighted by atomic mass is 9.94. The fraction of sp³-hybridized carbons (Fsp3) is 0.389. The SMILES string of the molecule is CCOC(=O)C1=C(C)N=C2S[C@H](CC)C(=O)N2[C@@H]1c1cccc(F)c1. The molecule has 0 aromatic heterocycles. The van der Waals surface area contributed by atoms with Gasteiger partial charge in [-0.15, -0.1) is 0 Å². The molecule has 132 valence electrons. The number of hydrogen-bond donors (Lipinski definition) is 0. The molecule has 1 amide bonds. The Bertz CT molecular complexity index is 790. The van der Waals surface area contributed by atoms with E-state index in [-0.39, 0.29) is 23.3 Å². The fourth-order valence-corrected chi connectivity index (χ4v) is 4.19. The third-order valence-electron chi connectivity index (χ3n) is 4.18. The van der Waals surface area contributed by atoms with Crippen molar-refractivity contribution in [1.82, 2.24) is 4.90 Å². The highest BCUT2D eigenvalue weighted by Gasteiger charge is 2.47. The maximum absolute atomic E-state index is 13.8. The first-order valence-corrected chi connectivity index (χ1v) is 9.07. The molecule has 0 bridgehead atoms. The lowest BCUT2D eigenvalue weighted by Crippen LogP contribution is -2.40. The highest BCUT2D eigenvalue weighted by Crippen LogP contribution is 2.44. The zero-order valence-electron chi connectivity index (χ0n) is 14.3. The number of amides is 1. The van der Waals surface area contributed by atoms with Crippen LogP contribution in [0.25, 0.3) is 0 Å². The number of aliphatic imine (C=N–C) groups is 1. The fourth-order valence-electron chi connectivity index (χ4n) is 3.05. The normalized spacial score (nSPS) is 22.8. The minimum atomic E-state index is -0.723. The van der Waals surface area contributed by atoms with Crippen molar-refractivity contribution in [2.24, 2.45) is 4.99 Å². The molecule has 1 aromatic carbocycles. The Kier molecular flexibility index (Phi) is 4.94. The van der Waals surface area contributed by atoms with E-state index in [0.717, 1.165) is 0 Å². The lowest BCUT2D eigenvalue weighted by molar-refractivity contribution is -0.139. The van der Waals surface area contributed by atoms with E-state index in [2.05, 4.69) is 4.99 Å². The molecule has 2 aliphatic rings. The number of esters is 1. The second kappa shape index (κ2) is 7.00. The summed E-state index contributed by atoms with van der Waals surface area (Å²) in [6.07, 6.45) is 0.655. The van der Waals surface area contributed by atoms with Crippen molar-refractivity contribution in [3.63, 3.8) is 0 Å². The number of carbonyl (C=O) groups excluding carboxylic acids is 2. The Morgan fingerprint density at radius 1 is 1.40 bits per heavy atom. The van der Waals surface area contributed by atoms with Crippen LogP contribution in [0.15, 0.2) is 40.5 Å². The summed E-state index contributed by atoms with van der Waals surface area (Å²) in [5, 5.41) is 0.306. The predicted molar refractivity (Wildman–Crippen MR) is 94.4 cm³/mol. The van der Waals surface area contributed by atoms with Crippen molar-refractivity contribution < 1.29 is 18.7 Å². The van der Waals surface area contributed by atoms with Gasteiger partial charge in [0, 0.05) is 0 Å². The number of carbonyl (C=O) groups is 2. The zero-order valence-corrected chi connectivity index (χ0v) is 15.1. The first-order chi connectivity index (χ1) is 12.0. The van der Waals surface area contributed by atoms with Crippen LogP contribution >= 0.6 is 11.8 Å². The van der Waals surface area contributed by atoms with Crippen LogP contribution in [-0.2, 0) is 14.3 Å². The summed E-state index contributed by atoms with van der Waals surface area (Å²) in [6.45, 7) is 5.57. The van der Waals surface area contributed by atoms with Crippen LogP contribution in [0, 0.1) is 5.82 Å². The number of thioether (sulfide) groups is 1. The van der Waals surface area contributed by atoms with Gasteiger partial charge in [0.1, 0.15) is 5.82 Å². The van der Waals surface area contributed by atoms with Crippen molar-refractivity contribution in [1.29, 1.82) is 0 Å². The summed E-state index contributed by atoms with van der Waals surface area (Å²) in [7, 11) is 0. The average molecular weight is 362 g/mol. The van der Waals surface area contributed by atoms with E-state index in [1.165, 1.54) is 28.8 Å². The Hall–Kier alpha value is -2.15. The third-order valence-corrected chi connectivity index (χ3v) is 5.50. The van der Waals surface area contributed by atoms with Crippen LogP contribution in [0.5, 0.6) is 0 Å². The van der Waals surface area contributed by atoms with Gasteiger partial charge in [0.2, 0.25) is 5.91 Å². The number of fused-ring (bicyclic) bond motifs is 1. The molecule has 5 nitrogen and oxygen atoms in total. The van der Waals surface area contributed by atoms with Gasteiger partial charge in [-0.25, -0.2) is 14.2 Å². The first kappa shape index (κ1) is 17.7. The van der Waals surface area contributed by atoms with E-state index in [1.807, 2.05) is 6.92 Å². The van der Waals surface area contributed by atoms with Gasteiger partial charge < -0.3 is 4.74 Å². The zero-order chi connectivity index (χ0) is 18.1. The Morgan fingerprint density at radius 3 is 2.80 bits per heavy atom. The molecular formula is C18H19FN2O3S. The quantitative estimate of drug-likeness (QED) is 0.770. The van der Waals surface area contributed by atoms with Crippen LogP contribution in [0.2, 0.25) is 0 Å². The minimum Gasteiger partial charge on any atom is -0.463 e. The summed E-state index contributed by atoms with van der Waals surface area (Å²) in [5.41, 5.74) is 1.30. The van der Waals surface area contributed by atoms with E-state index < -0.39 is 17.8 Å². The molecule has 0 unspecified atom stereocenters. The predicted octanol–water partition coefficient (Wildman–Crippen LogP) is 3.43. The molecule has 2 aliphatic heterocycles. The smallest absolute Gasteiger partial charge is 0.338 e. The van der Waals surface area contributed by atoms with Crippen LogP contribution < -0.4 is 0 Å². The van der Waals surface area contributed by atoms with Crippen molar-refractivity contribution in [3.05, 3.63) is 46.9 Å². The molecule has 7 heteroatoms. The van der Waals surface area contributed by atoms with Gasteiger partial charge in [-0.1, -0.05) is 30.8 Å². The summed E-state index contributed by atoms with van der Waals surface area (Å²) in [6, 6.07) is 5.23. The van der Waals surface area contributed by atoms with E-state index in [4.69, 9.17) is 4.74 Å². The highest BCUT2D eigenvalue weighted by molar-refractivity contribution is 8.15. The first-order valence-electron chi connectivity index (χ1n) is 8.19. The second-order valence-electron chi connectivity index (χ2n) is 5.79. The summed E-state index contributed by atoms with van der Waals surface area (Å²) < 4.78 is 19.0. The molecule has 1 aromatic rings. The van der Waals surface area contributed by atoms with Crippen LogP contribution in [-0.4, -0.2) is 33.8 Å². The van der Waals surface area contributed by atoms with Crippen molar-refractivity contribution in [3.8, 4) is 0 Å². The molecule has 1 saturated heterocycles. The standard InChI is InChI=1S/C18H19FN2O3S/c1-4-13-16(22)21-15(11-7-6-8-12(19)9-11)14(17(23)24-5-2)10(3)20-18(21)25-13/h6-9,13,15H,4-5H2,1-3H3/t13-,15-/m1/s1. The Balaban J connectivity index is 2.15. The van der Waals surface area contributed by atoms with Crippen molar-refractivity contribution in [2.75, 3.05) is 6.61 Å². The van der Waals surface area contributed by atoms with E-state index in [0.29, 0.717) is 22.8 Å². The molecule has 0 saturated carbocycles. The van der Waals surface area contributed by atoms with Crippen molar-refractivity contribution in [2.45, 2.75) is 38.5 Å². The molecule has 0 N–H and O–H groups in total. The number of hydrogen-bond acceptors (Lipinski definition) is 5. The van der Waals surface area contributed by atoms with E-state index in [1.54, 1.807) is 26.0 Å². The molecule has 1 fully saturated rings. The monoisotopic (exact) mass is 362 g/mol. The summed E-state index contributed by atoms with van der Waals surface area (Å²) >= 11 is 1.38. The van der Waals surface area contributed by atoms with Crippen LogP contribution in [0.4, 0.5) is 4.39 Å². The summed E-state index contributed by atoms with van der Waals surface area (Å²) in [4.78, 5) is 31.3. The molecule has 3 rings (SSSR count). The topological polar surface area (TPSA) is 59.0 Å². The molecule has 25 heavy (non-hydrogen) atoms. The summed E-state index contributed by atoms with van der Waals surface area (Å²) in [5.74, 6) is -1.07. The molecule has 2 heterocycles. The minimum absolute atomic E-state index is 0.116. The van der Waals surface area contributed by atoms with Gasteiger partial charge >= 0.3 is 5.97 Å². The van der Waals surface area contributed by atoms with E-state index in [9.17, 15) is 14.0 Å². The molecular weight excluding hydrogens is 343 g/mol. The van der Waals surface area contributed by atoms with Crippen LogP contribution in [0.3, 0.4) is 0 Å². The number of nitrogens with zero attached hydrogens (tertiary/aromatic N) is 2. The Labute approximate surface area is 149 Å². The highest BCUT2D eigenvalue weighted by atomic mass is 32.2. The van der Waals surface area contributed by atoms with Gasteiger partial charge in [0.25, 0.3) is 0 Å². The average Bonchev–Trinajstić information content (AvgIpc) is 2.89. The van der Waals surface area contributed by atoms with Gasteiger partial charge in [0.15, 0.2) is 5.17 Å². The number of benzene rings is 1. The van der Waals surface area contributed by atoms with Gasteiger partial charge in [-0.05, 0) is 38.0 Å². The third kappa shape index (κ3) is 3.08. The second-order valence-corrected chi connectivity index (χ2v) is 6.96. The number of halogens is 1. The maximum Gasteiger partial charge on any atom is 0.338 e. The molecule has 0 spiro atoms. The lowest BCUT2D eigenvalue weighted by Gasteiger charge is -2.33. The number of ether oxygens (including phenoxy) is 1. The maximum atomic E-state index is 13.8. The number of allylic oxidation sites excluding steroid dienone is 1. The van der Waals surface area contributed by atoms with Gasteiger partial charge in [-0.3, -0.25) is 9.69 Å². The van der Waals surface area contributed by atoms with Crippen LogP contribution in [0.1, 0.15) is 38.8 Å².